The van der Waals surface area contributed by atoms with Crippen LogP contribution in [-0.2, 0) is 22.7 Å². The van der Waals surface area contributed by atoms with Crippen molar-refractivity contribution in [2.24, 2.45) is 0 Å². The summed E-state index contributed by atoms with van der Waals surface area (Å²) in [5, 5.41) is 6.67. The highest BCUT2D eigenvalue weighted by atomic mass is 79.9. The third kappa shape index (κ3) is 4.77. The van der Waals surface area contributed by atoms with Gasteiger partial charge in [0.2, 0.25) is 11.8 Å². The average molecular weight is 498 g/mol. The summed E-state index contributed by atoms with van der Waals surface area (Å²) in [5.74, 6) is -0.484. The number of rotatable bonds is 8. The van der Waals surface area contributed by atoms with Gasteiger partial charge in [0.05, 0.1) is 11.6 Å². The van der Waals surface area contributed by atoms with Crippen LogP contribution in [0.4, 0.5) is 0 Å². The number of aromatic nitrogens is 2. The number of hydrogen-bond donors (Lipinski definition) is 2. The molecule has 0 unspecified atom stereocenters. The molecule has 1 aliphatic rings. The monoisotopic (exact) mass is 497 g/mol. The van der Waals surface area contributed by atoms with Crippen LogP contribution in [0.3, 0.4) is 0 Å². The van der Waals surface area contributed by atoms with Crippen molar-refractivity contribution < 1.29 is 14.4 Å². The SMILES string of the molecule is C=CC(=O)N1CC(NC(=O)Cn2cc(C(=O)NCCn3cccc3)c3cc(Br)ccc32)C1. The van der Waals surface area contributed by atoms with Gasteiger partial charge in [-0.25, -0.2) is 0 Å². The second kappa shape index (κ2) is 9.44. The highest BCUT2D eigenvalue weighted by molar-refractivity contribution is 9.10. The van der Waals surface area contributed by atoms with Crippen LogP contribution in [0.1, 0.15) is 10.4 Å². The molecule has 3 heterocycles. The first-order chi connectivity index (χ1) is 15.4. The Labute approximate surface area is 194 Å². The molecule has 1 saturated heterocycles. The Morgan fingerprint density at radius 1 is 1.19 bits per heavy atom. The van der Waals surface area contributed by atoms with Crippen LogP contribution in [-0.4, -0.2) is 57.4 Å². The minimum Gasteiger partial charge on any atom is -0.353 e. The van der Waals surface area contributed by atoms with Crippen LogP contribution in [0.2, 0.25) is 0 Å². The fraction of sp³-hybridized carbons (Fsp3) is 0.261. The maximum Gasteiger partial charge on any atom is 0.253 e. The van der Waals surface area contributed by atoms with Crippen LogP contribution < -0.4 is 10.6 Å². The van der Waals surface area contributed by atoms with E-state index in [1.54, 1.807) is 15.7 Å². The molecule has 32 heavy (non-hydrogen) atoms. The molecule has 0 bridgehead atoms. The van der Waals surface area contributed by atoms with Crippen molar-refractivity contribution in [3.63, 3.8) is 0 Å². The summed E-state index contributed by atoms with van der Waals surface area (Å²) in [5.41, 5.74) is 1.32. The fourth-order valence-corrected chi connectivity index (χ4v) is 4.16. The molecule has 3 aromatic rings. The first-order valence-corrected chi connectivity index (χ1v) is 11.1. The molecule has 9 heteroatoms. The molecule has 166 valence electrons. The molecule has 0 spiro atoms. The van der Waals surface area contributed by atoms with E-state index in [2.05, 4.69) is 33.1 Å². The Balaban J connectivity index is 1.43. The predicted molar refractivity (Wildman–Crippen MR) is 125 cm³/mol. The third-order valence-corrected chi connectivity index (χ3v) is 5.95. The zero-order valence-corrected chi connectivity index (χ0v) is 19.0. The lowest BCUT2D eigenvalue weighted by Gasteiger charge is -2.38. The zero-order valence-electron chi connectivity index (χ0n) is 17.5. The first-order valence-electron chi connectivity index (χ1n) is 10.3. The van der Waals surface area contributed by atoms with Gasteiger partial charge < -0.3 is 24.7 Å². The molecule has 0 radical (unpaired) electrons. The van der Waals surface area contributed by atoms with Crippen molar-refractivity contribution in [3.05, 3.63) is 71.6 Å². The summed E-state index contributed by atoms with van der Waals surface area (Å²) in [6, 6.07) is 9.47. The quantitative estimate of drug-likeness (QED) is 0.467. The second-order valence-electron chi connectivity index (χ2n) is 7.72. The lowest BCUT2D eigenvalue weighted by molar-refractivity contribution is -0.133. The van der Waals surface area contributed by atoms with Crippen molar-refractivity contribution in [1.82, 2.24) is 24.7 Å². The van der Waals surface area contributed by atoms with E-state index < -0.39 is 0 Å². The third-order valence-electron chi connectivity index (χ3n) is 5.46. The second-order valence-corrected chi connectivity index (χ2v) is 8.64. The van der Waals surface area contributed by atoms with Crippen LogP contribution in [0, 0.1) is 0 Å². The Kier molecular flexibility index (Phi) is 6.45. The number of hydrogen-bond acceptors (Lipinski definition) is 3. The number of nitrogens with zero attached hydrogens (tertiary/aromatic N) is 3. The van der Waals surface area contributed by atoms with Gasteiger partial charge in [0.25, 0.3) is 5.91 Å². The Hall–Kier alpha value is -3.33. The molecule has 2 aromatic heterocycles. The minimum atomic E-state index is -0.183. The molecule has 1 fully saturated rings. The number of amides is 3. The van der Waals surface area contributed by atoms with E-state index in [4.69, 9.17) is 0 Å². The average Bonchev–Trinajstić information content (AvgIpc) is 3.38. The predicted octanol–water partition coefficient (Wildman–Crippen LogP) is 2.15. The molecule has 1 aromatic carbocycles. The Bertz CT molecular complexity index is 1160. The zero-order chi connectivity index (χ0) is 22.7. The van der Waals surface area contributed by atoms with Gasteiger partial charge in [0.1, 0.15) is 6.54 Å². The van der Waals surface area contributed by atoms with Crippen molar-refractivity contribution in [3.8, 4) is 0 Å². The van der Waals surface area contributed by atoms with Crippen LogP contribution in [0.25, 0.3) is 10.9 Å². The molecule has 0 aliphatic carbocycles. The molecule has 4 rings (SSSR count). The molecular weight excluding hydrogens is 474 g/mol. The van der Waals surface area contributed by atoms with Crippen molar-refractivity contribution in [2.45, 2.75) is 19.1 Å². The molecule has 0 saturated carbocycles. The number of halogens is 1. The fourth-order valence-electron chi connectivity index (χ4n) is 3.80. The maximum atomic E-state index is 12.9. The van der Waals surface area contributed by atoms with E-state index in [0.29, 0.717) is 31.7 Å². The number of likely N-dealkylation sites (tertiary alicyclic amines) is 1. The van der Waals surface area contributed by atoms with Gasteiger partial charge in [-0.15, -0.1) is 0 Å². The summed E-state index contributed by atoms with van der Waals surface area (Å²) in [7, 11) is 0. The summed E-state index contributed by atoms with van der Waals surface area (Å²) >= 11 is 3.46. The Morgan fingerprint density at radius 3 is 2.66 bits per heavy atom. The highest BCUT2D eigenvalue weighted by Crippen LogP contribution is 2.25. The van der Waals surface area contributed by atoms with Crippen LogP contribution in [0.15, 0.2) is 66.1 Å². The van der Waals surface area contributed by atoms with Gasteiger partial charge in [0, 0.05) is 60.1 Å². The molecule has 1 aliphatic heterocycles. The van der Waals surface area contributed by atoms with Gasteiger partial charge in [0.15, 0.2) is 0 Å². The number of benzene rings is 1. The smallest absolute Gasteiger partial charge is 0.253 e. The van der Waals surface area contributed by atoms with Crippen LogP contribution >= 0.6 is 15.9 Å². The maximum absolute atomic E-state index is 12.9. The van der Waals surface area contributed by atoms with Crippen molar-refractivity contribution in [2.75, 3.05) is 19.6 Å². The molecule has 0 atom stereocenters. The normalized spacial score (nSPS) is 13.6. The van der Waals surface area contributed by atoms with E-state index in [0.717, 1.165) is 15.4 Å². The highest BCUT2D eigenvalue weighted by Gasteiger charge is 2.30. The van der Waals surface area contributed by atoms with Gasteiger partial charge >= 0.3 is 0 Å². The first kappa shape index (κ1) is 21.9. The van der Waals surface area contributed by atoms with Gasteiger partial charge in [-0.3, -0.25) is 14.4 Å². The van der Waals surface area contributed by atoms with E-state index in [9.17, 15) is 14.4 Å². The topological polar surface area (TPSA) is 88.4 Å². The van der Waals surface area contributed by atoms with Gasteiger partial charge in [-0.05, 0) is 36.4 Å². The molecule has 2 N–H and O–H groups in total. The molecular formula is C23H24BrN5O3. The lowest BCUT2D eigenvalue weighted by atomic mass is 10.1. The largest absolute Gasteiger partial charge is 0.353 e. The van der Waals surface area contributed by atoms with Gasteiger partial charge in [-0.1, -0.05) is 22.5 Å². The van der Waals surface area contributed by atoms with E-state index >= 15 is 0 Å². The summed E-state index contributed by atoms with van der Waals surface area (Å²) in [4.78, 5) is 38.6. The van der Waals surface area contributed by atoms with Gasteiger partial charge in [-0.2, -0.15) is 0 Å². The van der Waals surface area contributed by atoms with E-state index in [-0.39, 0.29) is 30.3 Å². The van der Waals surface area contributed by atoms with Crippen LogP contribution in [0.5, 0.6) is 0 Å². The van der Waals surface area contributed by atoms with E-state index in [1.807, 2.05) is 47.3 Å². The molecule has 8 nitrogen and oxygen atoms in total. The number of fused-ring (bicyclic) bond motifs is 1. The minimum absolute atomic E-state index is 0.0705. The summed E-state index contributed by atoms with van der Waals surface area (Å²) in [6.07, 6.45) is 6.88. The lowest BCUT2D eigenvalue weighted by Crippen LogP contribution is -2.61. The number of carbonyl (C=O) groups is 3. The van der Waals surface area contributed by atoms with E-state index in [1.165, 1.54) is 6.08 Å². The standard InChI is InChI=1S/C23H24BrN5O3/c1-2-22(31)29-12-17(13-29)26-21(30)15-28-14-19(18-11-16(24)5-6-20(18)28)23(32)25-7-10-27-8-3-4-9-27/h2-6,8-9,11,14,17H,1,7,10,12-13,15H2,(H,25,32)(H,26,30). The number of carbonyl (C=O) groups excluding carboxylic acids is 3. The summed E-state index contributed by atoms with van der Waals surface area (Å²) in [6.45, 7) is 5.68. The van der Waals surface area contributed by atoms with Crippen molar-refractivity contribution in [1.29, 1.82) is 0 Å². The summed E-state index contributed by atoms with van der Waals surface area (Å²) < 4.78 is 4.63. The van der Waals surface area contributed by atoms with Crippen molar-refractivity contribution >= 4 is 44.6 Å². The molecule has 3 amide bonds. The Morgan fingerprint density at radius 2 is 1.94 bits per heavy atom. The number of nitrogens with one attached hydrogen (secondary N) is 2.